The van der Waals surface area contributed by atoms with Gasteiger partial charge in [-0.2, -0.15) is 0 Å². The molecule has 6 nitrogen and oxygen atoms in total. The van der Waals surface area contributed by atoms with Crippen molar-refractivity contribution in [2.75, 3.05) is 19.7 Å². The number of amides is 1. The number of hydrogen-bond donors (Lipinski definition) is 0. The van der Waals surface area contributed by atoms with Gasteiger partial charge in [-0.3, -0.25) is 9.36 Å². The summed E-state index contributed by atoms with van der Waals surface area (Å²) in [5.74, 6) is -0.635. The molecule has 2 unspecified atom stereocenters. The molecule has 140 valence electrons. The van der Waals surface area contributed by atoms with Crippen LogP contribution in [0.1, 0.15) is 24.6 Å². The van der Waals surface area contributed by atoms with Gasteiger partial charge >= 0.3 is 5.76 Å². The molecule has 1 saturated heterocycles. The van der Waals surface area contributed by atoms with Crippen molar-refractivity contribution < 1.29 is 13.9 Å². The van der Waals surface area contributed by atoms with Crippen molar-refractivity contribution in [2.45, 2.75) is 19.1 Å². The molecule has 2 heterocycles. The van der Waals surface area contributed by atoms with E-state index in [1.54, 1.807) is 30.0 Å². The van der Waals surface area contributed by atoms with Crippen LogP contribution in [0.4, 0.5) is 0 Å². The molecule has 2 aromatic carbocycles. The maximum absolute atomic E-state index is 13.1. The standard InChI is InChI=1S/C20H19BrN2O4/c1-13(23-16-4-2-3-5-17(16)27-20(23)25)19(24)22-10-11-26-18(12-22)14-6-8-15(21)9-7-14/h2-9,13,18H,10-12H2,1H3. The highest BCUT2D eigenvalue weighted by atomic mass is 79.9. The van der Waals surface area contributed by atoms with Crippen molar-refractivity contribution in [3.05, 3.63) is 69.1 Å². The summed E-state index contributed by atoms with van der Waals surface area (Å²) in [4.78, 5) is 27.1. The monoisotopic (exact) mass is 430 g/mol. The second-order valence-corrected chi connectivity index (χ2v) is 7.49. The fraction of sp³-hybridized carbons (Fsp3) is 0.300. The lowest BCUT2D eigenvalue weighted by Crippen LogP contribution is -2.45. The van der Waals surface area contributed by atoms with E-state index in [0.717, 1.165) is 10.0 Å². The molecule has 0 radical (unpaired) electrons. The SMILES string of the molecule is CC(C(=O)N1CCOC(c2ccc(Br)cc2)C1)n1c(=O)oc2ccccc21. The number of carbonyl (C=O) groups excluding carboxylic acids is 1. The van der Waals surface area contributed by atoms with Gasteiger partial charge in [-0.05, 0) is 36.8 Å². The number of rotatable bonds is 3. The number of oxazole rings is 1. The Balaban J connectivity index is 1.57. The van der Waals surface area contributed by atoms with E-state index in [4.69, 9.17) is 9.15 Å². The molecule has 1 aromatic heterocycles. The highest BCUT2D eigenvalue weighted by Crippen LogP contribution is 2.26. The Morgan fingerprint density at radius 3 is 2.70 bits per heavy atom. The number of ether oxygens (including phenoxy) is 1. The van der Waals surface area contributed by atoms with Crippen molar-refractivity contribution >= 4 is 32.9 Å². The third-order valence-electron chi connectivity index (χ3n) is 4.88. The van der Waals surface area contributed by atoms with Crippen LogP contribution in [0.25, 0.3) is 11.1 Å². The first-order chi connectivity index (χ1) is 13.0. The number of fused-ring (bicyclic) bond motifs is 1. The number of morpholine rings is 1. The van der Waals surface area contributed by atoms with Crippen molar-refractivity contribution in [2.24, 2.45) is 0 Å². The molecule has 7 heteroatoms. The summed E-state index contributed by atoms with van der Waals surface area (Å²) < 4.78 is 13.5. The summed E-state index contributed by atoms with van der Waals surface area (Å²) in [5, 5.41) is 0. The van der Waals surface area contributed by atoms with Gasteiger partial charge in [-0.15, -0.1) is 0 Å². The molecular weight excluding hydrogens is 412 g/mol. The summed E-state index contributed by atoms with van der Waals surface area (Å²) >= 11 is 3.43. The molecule has 0 N–H and O–H groups in total. The fourth-order valence-electron chi connectivity index (χ4n) is 3.45. The van der Waals surface area contributed by atoms with E-state index in [1.807, 2.05) is 30.3 Å². The molecular formula is C20H19BrN2O4. The van der Waals surface area contributed by atoms with Crippen LogP contribution in [-0.2, 0) is 9.53 Å². The van der Waals surface area contributed by atoms with E-state index in [2.05, 4.69) is 15.9 Å². The first-order valence-corrected chi connectivity index (χ1v) is 9.60. The number of benzene rings is 2. The molecule has 3 aromatic rings. The first-order valence-electron chi connectivity index (χ1n) is 8.80. The van der Waals surface area contributed by atoms with E-state index < -0.39 is 11.8 Å². The lowest BCUT2D eigenvalue weighted by atomic mass is 10.1. The topological polar surface area (TPSA) is 64.7 Å². The second-order valence-electron chi connectivity index (χ2n) is 6.58. The molecule has 4 rings (SSSR count). The number of halogens is 1. The first kappa shape index (κ1) is 18.0. The van der Waals surface area contributed by atoms with Gasteiger partial charge in [0.1, 0.15) is 12.1 Å². The third kappa shape index (κ3) is 3.44. The number of para-hydroxylation sites is 2. The quantitative estimate of drug-likeness (QED) is 0.637. The minimum atomic E-state index is -0.648. The zero-order chi connectivity index (χ0) is 19.0. The summed E-state index contributed by atoms with van der Waals surface area (Å²) in [6.45, 7) is 3.14. The van der Waals surface area contributed by atoms with E-state index in [1.165, 1.54) is 4.57 Å². The summed E-state index contributed by atoms with van der Waals surface area (Å²) in [6.07, 6.45) is -0.180. The van der Waals surface area contributed by atoms with Gasteiger partial charge in [-0.1, -0.05) is 40.2 Å². The van der Waals surface area contributed by atoms with Gasteiger partial charge in [0.15, 0.2) is 5.58 Å². The van der Waals surface area contributed by atoms with Crippen molar-refractivity contribution in [1.29, 1.82) is 0 Å². The Hall–Kier alpha value is -2.38. The Kier molecular flexibility index (Phi) is 4.88. The summed E-state index contributed by atoms with van der Waals surface area (Å²) in [7, 11) is 0. The van der Waals surface area contributed by atoms with Gasteiger partial charge in [0.2, 0.25) is 5.91 Å². The highest BCUT2D eigenvalue weighted by molar-refractivity contribution is 9.10. The van der Waals surface area contributed by atoms with E-state index in [-0.39, 0.29) is 12.0 Å². The van der Waals surface area contributed by atoms with Gasteiger partial charge < -0.3 is 14.1 Å². The molecule has 0 bridgehead atoms. The van der Waals surface area contributed by atoms with Crippen LogP contribution >= 0.6 is 15.9 Å². The Morgan fingerprint density at radius 1 is 1.19 bits per heavy atom. The van der Waals surface area contributed by atoms with Gasteiger partial charge in [0.25, 0.3) is 0 Å². The average molecular weight is 431 g/mol. The van der Waals surface area contributed by atoms with Crippen molar-refractivity contribution in [3.63, 3.8) is 0 Å². The van der Waals surface area contributed by atoms with Crippen LogP contribution in [0.5, 0.6) is 0 Å². The van der Waals surface area contributed by atoms with Gasteiger partial charge in [0, 0.05) is 11.0 Å². The minimum absolute atomic E-state index is 0.117. The van der Waals surface area contributed by atoms with Gasteiger partial charge in [0.05, 0.1) is 18.7 Å². The lowest BCUT2D eigenvalue weighted by molar-refractivity contribution is -0.142. The Morgan fingerprint density at radius 2 is 1.93 bits per heavy atom. The van der Waals surface area contributed by atoms with E-state index in [0.29, 0.717) is 30.8 Å². The lowest BCUT2D eigenvalue weighted by Gasteiger charge is -2.34. The normalized spacial score (nSPS) is 18.6. The molecule has 1 aliphatic rings. The number of carbonyl (C=O) groups is 1. The second kappa shape index (κ2) is 7.32. The molecule has 2 atom stereocenters. The number of hydrogen-bond acceptors (Lipinski definition) is 4. The summed E-state index contributed by atoms with van der Waals surface area (Å²) in [6, 6.07) is 14.4. The highest BCUT2D eigenvalue weighted by Gasteiger charge is 2.30. The largest absolute Gasteiger partial charge is 0.420 e. The average Bonchev–Trinajstić information content (AvgIpc) is 3.03. The van der Waals surface area contributed by atoms with Gasteiger partial charge in [-0.25, -0.2) is 4.79 Å². The molecule has 1 amide bonds. The third-order valence-corrected chi connectivity index (χ3v) is 5.41. The molecule has 0 aliphatic carbocycles. The zero-order valence-corrected chi connectivity index (χ0v) is 16.4. The van der Waals surface area contributed by atoms with Crippen LogP contribution in [0.3, 0.4) is 0 Å². The predicted molar refractivity (Wildman–Crippen MR) is 105 cm³/mol. The predicted octanol–water partition coefficient (Wildman–Crippen LogP) is 3.52. The van der Waals surface area contributed by atoms with Crippen LogP contribution in [0, 0.1) is 0 Å². The molecule has 1 fully saturated rings. The van der Waals surface area contributed by atoms with E-state index >= 15 is 0 Å². The summed E-state index contributed by atoms with van der Waals surface area (Å²) in [5.41, 5.74) is 2.13. The molecule has 0 saturated carbocycles. The smallest absolute Gasteiger partial charge is 0.408 e. The van der Waals surface area contributed by atoms with Crippen molar-refractivity contribution in [1.82, 2.24) is 9.47 Å². The maximum atomic E-state index is 13.1. The molecule has 27 heavy (non-hydrogen) atoms. The Bertz CT molecular complexity index is 1020. The van der Waals surface area contributed by atoms with Crippen LogP contribution in [0.2, 0.25) is 0 Å². The van der Waals surface area contributed by atoms with E-state index in [9.17, 15) is 9.59 Å². The minimum Gasteiger partial charge on any atom is -0.408 e. The number of aromatic nitrogens is 1. The van der Waals surface area contributed by atoms with Crippen LogP contribution in [-0.4, -0.2) is 35.1 Å². The molecule has 1 aliphatic heterocycles. The van der Waals surface area contributed by atoms with Crippen LogP contribution in [0.15, 0.2) is 62.2 Å². The molecule has 0 spiro atoms. The fourth-order valence-corrected chi connectivity index (χ4v) is 3.72. The maximum Gasteiger partial charge on any atom is 0.420 e. The Labute approximate surface area is 164 Å². The number of nitrogens with zero attached hydrogens (tertiary/aromatic N) is 2. The van der Waals surface area contributed by atoms with Crippen molar-refractivity contribution in [3.8, 4) is 0 Å². The van der Waals surface area contributed by atoms with Crippen LogP contribution < -0.4 is 5.76 Å². The zero-order valence-electron chi connectivity index (χ0n) is 14.8.